The maximum absolute atomic E-state index is 3.52. The van der Waals surface area contributed by atoms with Crippen LogP contribution in [-0.4, -0.2) is 63.2 Å². The molecule has 110 valence electrons. The Labute approximate surface area is 115 Å². The lowest BCUT2D eigenvalue weighted by Crippen LogP contribution is -2.36. The molecule has 0 aliphatic heterocycles. The van der Waals surface area contributed by atoms with Crippen molar-refractivity contribution in [2.75, 3.05) is 53.4 Å². The number of likely N-dealkylation sites (N-methyl/N-ethyl adjacent to an activating group) is 1. The molecule has 0 fully saturated rings. The molecule has 0 spiro atoms. The predicted octanol–water partition coefficient (Wildman–Crippen LogP) is 2.14. The van der Waals surface area contributed by atoms with Gasteiger partial charge in [-0.2, -0.15) is 0 Å². The fraction of sp³-hybridized carbons (Fsp3) is 1.00. The van der Waals surface area contributed by atoms with Gasteiger partial charge in [0.05, 0.1) is 0 Å². The molecule has 0 saturated carbocycles. The number of rotatable bonds is 11. The molecule has 0 aromatic heterocycles. The first-order chi connectivity index (χ1) is 8.41. The molecule has 0 heterocycles. The van der Waals surface area contributed by atoms with Crippen LogP contribution in [0.3, 0.4) is 0 Å². The zero-order valence-electron chi connectivity index (χ0n) is 13.5. The summed E-state index contributed by atoms with van der Waals surface area (Å²) in [6, 6.07) is 0. The fourth-order valence-electron chi connectivity index (χ4n) is 1.97. The molecule has 3 heteroatoms. The minimum absolute atomic E-state index is 0.755. The Bertz CT molecular complexity index is 179. The second kappa shape index (κ2) is 10.8. The highest BCUT2D eigenvalue weighted by Crippen LogP contribution is 2.00. The van der Waals surface area contributed by atoms with Crippen LogP contribution in [0.5, 0.6) is 0 Å². The molecule has 0 saturated heterocycles. The van der Waals surface area contributed by atoms with E-state index in [1.807, 2.05) is 0 Å². The summed E-state index contributed by atoms with van der Waals surface area (Å²) in [5, 5.41) is 3.52. The normalized spacial score (nSPS) is 12.3. The highest BCUT2D eigenvalue weighted by molar-refractivity contribution is 4.63. The molecule has 0 bridgehead atoms. The highest BCUT2D eigenvalue weighted by Gasteiger charge is 2.07. The summed E-state index contributed by atoms with van der Waals surface area (Å²) in [5.74, 6) is 1.52. The van der Waals surface area contributed by atoms with Crippen LogP contribution in [0.1, 0.15) is 34.1 Å². The van der Waals surface area contributed by atoms with Crippen molar-refractivity contribution in [3.8, 4) is 0 Å². The van der Waals surface area contributed by atoms with Crippen molar-refractivity contribution in [2.45, 2.75) is 34.1 Å². The summed E-state index contributed by atoms with van der Waals surface area (Å²) in [5.41, 5.74) is 0. The van der Waals surface area contributed by atoms with E-state index < -0.39 is 0 Å². The molecule has 0 rings (SSSR count). The Kier molecular flexibility index (Phi) is 10.7. The van der Waals surface area contributed by atoms with E-state index in [1.54, 1.807) is 0 Å². The van der Waals surface area contributed by atoms with E-state index in [1.165, 1.54) is 26.1 Å². The van der Waals surface area contributed by atoms with Gasteiger partial charge < -0.3 is 15.1 Å². The van der Waals surface area contributed by atoms with Gasteiger partial charge in [0.2, 0.25) is 0 Å². The van der Waals surface area contributed by atoms with Gasteiger partial charge in [-0.3, -0.25) is 0 Å². The van der Waals surface area contributed by atoms with Crippen LogP contribution < -0.4 is 5.32 Å². The molecule has 1 N–H and O–H groups in total. The second-order valence-electron chi connectivity index (χ2n) is 6.45. The van der Waals surface area contributed by atoms with Gasteiger partial charge in [0.1, 0.15) is 0 Å². The van der Waals surface area contributed by atoms with Gasteiger partial charge in [0, 0.05) is 19.6 Å². The van der Waals surface area contributed by atoms with Crippen molar-refractivity contribution in [3.63, 3.8) is 0 Å². The van der Waals surface area contributed by atoms with Crippen LogP contribution in [-0.2, 0) is 0 Å². The Morgan fingerprint density at radius 3 is 2.06 bits per heavy atom. The molecule has 0 aliphatic carbocycles. The van der Waals surface area contributed by atoms with Crippen LogP contribution in [0, 0.1) is 11.8 Å². The molecule has 3 nitrogen and oxygen atoms in total. The first-order valence-electron chi connectivity index (χ1n) is 7.49. The van der Waals surface area contributed by atoms with Gasteiger partial charge in [0.15, 0.2) is 0 Å². The van der Waals surface area contributed by atoms with E-state index in [9.17, 15) is 0 Å². The summed E-state index contributed by atoms with van der Waals surface area (Å²) in [6.45, 7) is 16.2. The predicted molar refractivity (Wildman–Crippen MR) is 82.2 cm³/mol. The number of hydrogen-bond donors (Lipinski definition) is 1. The number of nitrogens with one attached hydrogen (secondary N) is 1. The van der Waals surface area contributed by atoms with E-state index in [0.29, 0.717) is 0 Å². The molecule has 0 aliphatic rings. The molecule has 0 aromatic rings. The third-order valence-corrected chi connectivity index (χ3v) is 2.87. The summed E-state index contributed by atoms with van der Waals surface area (Å²) in [4.78, 5) is 4.87. The smallest absolute Gasteiger partial charge is 0.0109 e. The third kappa shape index (κ3) is 12.3. The highest BCUT2D eigenvalue weighted by atomic mass is 15.2. The Morgan fingerprint density at radius 1 is 0.889 bits per heavy atom. The quantitative estimate of drug-likeness (QED) is 0.572. The lowest BCUT2D eigenvalue weighted by molar-refractivity contribution is 0.216. The minimum Gasteiger partial charge on any atom is -0.316 e. The first kappa shape index (κ1) is 17.9. The topological polar surface area (TPSA) is 18.5 Å². The Hall–Kier alpha value is -0.120. The Balaban J connectivity index is 3.72. The van der Waals surface area contributed by atoms with Crippen LogP contribution in [0.4, 0.5) is 0 Å². The average Bonchev–Trinajstić information content (AvgIpc) is 2.23. The van der Waals surface area contributed by atoms with Gasteiger partial charge in [0.25, 0.3) is 0 Å². The van der Waals surface area contributed by atoms with Crippen molar-refractivity contribution < 1.29 is 0 Å². The van der Waals surface area contributed by atoms with Crippen molar-refractivity contribution in [3.05, 3.63) is 0 Å². The van der Waals surface area contributed by atoms with E-state index in [4.69, 9.17) is 0 Å². The van der Waals surface area contributed by atoms with Crippen molar-refractivity contribution >= 4 is 0 Å². The molecule has 0 radical (unpaired) electrons. The zero-order chi connectivity index (χ0) is 14.0. The van der Waals surface area contributed by atoms with Gasteiger partial charge in [-0.15, -0.1) is 0 Å². The third-order valence-electron chi connectivity index (χ3n) is 2.87. The van der Waals surface area contributed by atoms with Crippen molar-refractivity contribution in [1.29, 1.82) is 0 Å². The van der Waals surface area contributed by atoms with Crippen molar-refractivity contribution in [1.82, 2.24) is 15.1 Å². The summed E-state index contributed by atoms with van der Waals surface area (Å²) < 4.78 is 0. The van der Waals surface area contributed by atoms with E-state index >= 15 is 0 Å². The lowest BCUT2D eigenvalue weighted by Gasteiger charge is -2.25. The molecular formula is C15H35N3. The van der Waals surface area contributed by atoms with E-state index in [2.05, 4.69) is 56.9 Å². The molecule has 0 amide bonds. The SMILES string of the molecule is CC(C)CNCCCN(CCN(C)C)CC(C)C. The van der Waals surface area contributed by atoms with E-state index in [0.717, 1.165) is 31.5 Å². The average molecular weight is 257 g/mol. The van der Waals surface area contributed by atoms with Crippen LogP contribution in [0.25, 0.3) is 0 Å². The van der Waals surface area contributed by atoms with Crippen LogP contribution in [0.15, 0.2) is 0 Å². The molecule has 0 unspecified atom stereocenters. The summed E-state index contributed by atoms with van der Waals surface area (Å²) >= 11 is 0. The number of hydrogen-bond acceptors (Lipinski definition) is 3. The van der Waals surface area contributed by atoms with Crippen molar-refractivity contribution in [2.24, 2.45) is 11.8 Å². The lowest BCUT2D eigenvalue weighted by atomic mass is 10.2. The van der Waals surface area contributed by atoms with E-state index in [-0.39, 0.29) is 0 Å². The molecule has 0 aromatic carbocycles. The first-order valence-corrected chi connectivity index (χ1v) is 7.49. The molecule has 18 heavy (non-hydrogen) atoms. The number of nitrogens with zero attached hydrogens (tertiary/aromatic N) is 2. The fourth-order valence-corrected chi connectivity index (χ4v) is 1.97. The molecule has 0 atom stereocenters. The zero-order valence-corrected chi connectivity index (χ0v) is 13.5. The molecular weight excluding hydrogens is 222 g/mol. The second-order valence-corrected chi connectivity index (χ2v) is 6.45. The van der Waals surface area contributed by atoms with Gasteiger partial charge in [-0.25, -0.2) is 0 Å². The largest absolute Gasteiger partial charge is 0.316 e. The summed E-state index contributed by atoms with van der Waals surface area (Å²) in [6.07, 6.45) is 1.26. The van der Waals surface area contributed by atoms with Crippen LogP contribution >= 0.6 is 0 Å². The Morgan fingerprint density at radius 2 is 1.56 bits per heavy atom. The van der Waals surface area contributed by atoms with Gasteiger partial charge >= 0.3 is 0 Å². The minimum atomic E-state index is 0.755. The van der Waals surface area contributed by atoms with Crippen LogP contribution in [0.2, 0.25) is 0 Å². The summed E-state index contributed by atoms with van der Waals surface area (Å²) in [7, 11) is 4.30. The van der Waals surface area contributed by atoms with Gasteiger partial charge in [-0.1, -0.05) is 27.7 Å². The van der Waals surface area contributed by atoms with Gasteiger partial charge in [-0.05, 0) is 52.0 Å². The maximum Gasteiger partial charge on any atom is 0.0109 e. The monoisotopic (exact) mass is 257 g/mol. The standard InChI is InChI=1S/C15H35N3/c1-14(2)12-16-8-7-9-18(13-15(3)4)11-10-17(5)6/h14-16H,7-13H2,1-6H3. The maximum atomic E-state index is 3.52.